The molecule has 3 rings (SSSR count). The summed E-state index contributed by atoms with van der Waals surface area (Å²) in [7, 11) is -2.28. The summed E-state index contributed by atoms with van der Waals surface area (Å²) in [5.41, 5.74) is 0.556. The van der Waals surface area contributed by atoms with E-state index in [4.69, 9.17) is 37.6 Å². The van der Waals surface area contributed by atoms with Crippen molar-refractivity contribution < 1.29 is 60.3 Å². The minimum absolute atomic E-state index is 0.00525. The van der Waals surface area contributed by atoms with Crippen LogP contribution < -0.4 is 9.47 Å². The Morgan fingerprint density at radius 2 is 1.59 bits per heavy atom. The Morgan fingerprint density at radius 1 is 0.932 bits per heavy atom. The van der Waals surface area contributed by atoms with Crippen LogP contribution >= 0.6 is 0 Å². The predicted molar refractivity (Wildman–Crippen MR) is 228 cm³/mol. The Hall–Kier alpha value is -3.48. The van der Waals surface area contributed by atoms with Crippen molar-refractivity contribution in [2.45, 2.75) is 135 Å². The van der Waals surface area contributed by atoms with Crippen molar-refractivity contribution >= 4 is 34.4 Å². The number of carbonyl (C=O) groups excluding carboxylic acids is 2. The van der Waals surface area contributed by atoms with E-state index < -0.39 is 65.2 Å². The third-order valence-electron chi connectivity index (χ3n) is 10.2. The second-order valence-corrected chi connectivity index (χ2v) is 28.5. The molecule has 0 aliphatic carbocycles. The fraction of sp³-hybridized carbons (Fsp3) is 0.591. The number of hydrogen-bond donors (Lipinski definition) is 0. The number of carbonyl (C=O) groups is 2. The molecule has 0 amide bonds. The Bertz CT molecular complexity index is 1730. The molecular formula is C44H65F3O10Si2. The fourth-order valence-corrected chi connectivity index (χ4v) is 8.00. The highest BCUT2D eigenvalue weighted by atomic mass is 28.4. The average Bonchev–Trinajstić information content (AvgIpc) is 3.43. The van der Waals surface area contributed by atoms with Gasteiger partial charge >= 0.3 is 18.1 Å². The van der Waals surface area contributed by atoms with Crippen LogP contribution in [0.25, 0.3) is 6.08 Å². The molecule has 1 saturated heterocycles. The lowest BCUT2D eigenvalue weighted by Gasteiger charge is -2.39. The summed E-state index contributed by atoms with van der Waals surface area (Å²) >= 11 is 0. The van der Waals surface area contributed by atoms with Gasteiger partial charge in [0.25, 0.3) is 0 Å². The Labute approximate surface area is 350 Å². The second kappa shape index (κ2) is 20.9. The highest BCUT2D eigenvalue weighted by Crippen LogP contribution is 2.39. The van der Waals surface area contributed by atoms with Gasteiger partial charge < -0.3 is 37.6 Å². The number of rotatable bonds is 20. The van der Waals surface area contributed by atoms with Crippen LogP contribution in [-0.2, 0) is 28.1 Å². The van der Waals surface area contributed by atoms with Crippen LogP contribution in [-0.4, -0.2) is 91.8 Å². The molecule has 1 unspecified atom stereocenters. The first-order valence-electron chi connectivity index (χ1n) is 20.0. The summed E-state index contributed by atoms with van der Waals surface area (Å²) in [6.45, 7) is 23.3. The number of ether oxygens (including phenoxy) is 7. The molecule has 10 nitrogen and oxygen atoms in total. The summed E-state index contributed by atoms with van der Waals surface area (Å²) in [5.74, 6) is -2.63. The van der Waals surface area contributed by atoms with Crippen molar-refractivity contribution in [3.63, 3.8) is 0 Å². The molecule has 1 aliphatic heterocycles. The van der Waals surface area contributed by atoms with Gasteiger partial charge in [0, 0.05) is 27.4 Å². The van der Waals surface area contributed by atoms with Crippen LogP contribution in [0.5, 0.6) is 11.5 Å². The van der Waals surface area contributed by atoms with E-state index in [0.29, 0.717) is 11.6 Å². The van der Waals surface area contributed by atoms with Crippen molar-refractivity contribution in [2.24, 2.45) is 5.92 Å². The number of halogens is 3. The fourth-order valence-electron chi connectivity index (χ4n) is 5.79. The van der Waals surface area contributed by atoms with Crippen molar-refractivity contribution in [2.75, 3.05) is 27.1 Å². The van der Waals surface area contributed by atoms with Gasteiger partial charge in [-0.05, 0) is 87.1 Å². The van der Waals surface area contributed by atoms with Gasteiger partial charge in [-0.15, -0.1) is 0 Å². The van der Waals surface area contributed by atoms with Crippen LogP contribution in [0.3, 0.4) is 0 Å². The van der Waals surface area contributed by atoms with Gasteiger partial charge in [-0.1, -0.05) is 83.8 Å². The molecule has 0 radical (unpaired) electrons. The van der Waals surface area contributed by atoms with E-state index in [9.17, 15) is 22.8 Å². The monoisotopic (exact) mass is 866 g/mol. The molecule has 0 aromatic heterocycles. The summed E-state index contributed by atoms with van der Waals surface area (Å²) in [4.78, 5) is 27.2. The highest BCUT2D eigenvalue weighted by Gasteiger charge is 2.46. The lowest BCUT2D eigenvalue weighted by Crippen LogP contribution is -2.44. The molecule has 2 aromatic rings. The van der Waals surface area contributed by atoms with Crippen molar-refractivity contribution in [3.8, 4) is 11.5 Å². The number of hydrogen-bond acceptors (Lipinski definition) is 10. The van der Waals surface area contributed by atoms with Crippen molar-refractivity contribution in [1.82, 2.24) is 0 Å². The Morgan fingerprint density at radius 3 is 2.19 bits per heavy atom. The maximum atomic E-state index is 13.6. The average molecular weight is 867 g/mol. The van der Waals surface area contributed by atoms with Gasteiger partial charge in [-0.3, -0.25) is 0 Å². The molecule has 1 fully saturated rings. The second-order valence-electron chi connectivity index (χ2n) is 18.1. The molecule has 1 heterocycles. The molecule has 0 bridgehead atoms. The molecule has 0 N–H and O–H groups in total. The normalized spacial score (nSPS) is 19.1. The van der Waals surface area contributed by atoms with Crippen molar-refractivity contribution in [3.05, 3.63) is 77.4 Å². The standard InChI is InChI=1S/C44H65F3O10Si2/c1-30(31(2)57-59(12,13)42(3,4)5)22-23-35(54-40(48)32-18-15-14-16-19-32)39-36(55-43(6,7)56-39)21-17-20-33-26-34(52-28-44(45,46)47)27-37(53-29-50-8)38(33)41(49)51-24-25-58(9,10)11/h14-20,22-23,26-27,30-31,35-36,39H,21,24-25,28-29H2,1-13H3/t30-,31+,35?,36+,39-/m1/s1. The SMILES string of the molecule is COCOc1cc(OCC(F)(F)F)cc(C=CC[C@@H]2OC(C)(C)O[C@@H]2C(C=C[C@@H](C)[C@H](C)O[Si](C)(C)C(C)(C)C)OC(=O)c2ccccc2)c1C(=O)OCC[Si](C)(C)C. The van der Waals surface area contributed by atoms with E-state index in [0.717, 1.165) is 0 Å². The summed E-state index contributed by atoms with van der Waals surface area (Å²) in [6, 6.07) is 11.9. The maximum absolute atomic E-state index is 13.6. The molecule has 330 valence electrons. The van der Waals surface area contributed by atoms with E-state index in [-0.39, 0.29) is 59.5 Å². The Balaban J connectivity index is 2.03. The quantitative estimate of drug-likeness (QED) is 0.0552. The number of benzene rings is 2. The third-order valence-corrected chi connectivity index (χ3v) is 16.5. The van der Waals surface area contributed by atoms with E-state index in [1.807, 2.05) is 32.1 Å². The molecule has 59 heavy (non-hydrogen) atoms. The van der Waals surface area contributed by atoms with Crippen molar-refractivity contribution in [1.29, 1.82) is 0 Å². The number of esters is 2. The first-order valence-corrected chi connectivity index (χ1v) is 26.6. The Kier molecular flexibility index (Phi) is 17.6. The van der Waals surface area contributed by atoms with Gasteiger partial charge in [-0.2, -0.15) is 13.2 Å². The number of methoxy groups -OCH3 is 1. The first kappa shape index (κ1) is 49.9. The van der Waals surface area contributed by atoms with Gasteiger partial charge in [0.05, 0.1) is 18.3 Å². The van der Waals surface area contributed by atoms with E-state index in [1.54, 1.807) is 50.3 Å². The summed E-state index contributed by atoms with van der Waals surface area (Å²) in [5, 5.41) is 0.0183. The zero-order valence-electron chi connectivity index (χ0n) is 37.0. The lowest BCUT2D eigenvalue weighted by atomic mass is 9.99. The van der Waals surface area contributed by atoms with Gasteiger partial charge in [0.1, 0.15) is 29.3 Å². The largest absolute Gasteiger partial charge is 0.484 e. The predicted octanol–water partition coefficient (Wildman–Crippen LogP) is 10.9. The molecular weight excluding hydrogens is 802 g/mol. The smallest absolute Gasteiger partial charge is 0.422 e. The summed E-state index contributed by atoms with van der Waals surface area (Å²) < 4.78 is 86.8. The molecule has 0 spiro atoms. The third kappa shape index (κ3) is 16.1. The maximum Gasteiger partial charge on any atom is 0.422 e. The molecule has 0 saturated carbocycles. The minimum Gasteiger partial charge on any atom is -0.484 e. The lowest BCUT2D eigenvalue weighted by molar-refractivity contribution is -0.153. The van der Waals surface area contributed by atoms with E-state index in [1.165, 1.54) is 19.2 Å². The van der Waals surface area contributed by atoms with Crippen LogP contribution in [0.2, 0.25) is 43.8 Å². The van der Waals surface area contributed by atoms with Crippen LogP contribution in [0.15, 0.2) is 60.7 Å². The molecule has 2 aromatic carbocycles. The molecule has 1 aliphatic rings. The van der Waals surface area contributed by atoms with Crippen LogP contribution in [0.1, 0.15) is 81.2 Å². The van der Waals surface area contributed by atoms with E-state index >= 15 is 0 Å². The molecule has 15 heteroatoms. The van der Waals surface area contributed by atoms with Gasteiger partial charge in [-0.25, -0.2) is 9.59 Å². The number of alkyl halides is 3. The molecule has 5 atom stereocenters. The topological polar surface area (TPSA) is 108 Å². The van der Waals surface area contributed by atoms with Gasteiger partial charge in [0.15, 0.2) is 27.5 Å². The van der Waals surface area contributed by atoms with Gasteiger partial charge in [0.2, 0.25) is 0 Å². The zero-order chi connectivity index (χ0) is 44.4. The van der Waals surface area contributed by atoms with Crippen LogP contribution in [0.4, 0.5) is 13.2 Å². The van der Waals surface area contributed by atoms with E-state index in [2.05, 4.69) is 53.5 Å². The van der Waals surface area contributed by atoms with Crippen LogP contribution in [0, 0.1) is 5.92 Å². The minimum atomic E-state index is -4.61. The summed E-state index contributed by atoms with van der Waals surface area (Å²) in [6.07, 6.45) is 0.178. The zero-order valence-corrected chi connectivity index (χ0v) is 39.0. The first-order chi connectivity index (χ1) is 27.2. The highest BCUT2D eigenvalue weighted by molar-refractivity contribution is 6.76.